The maximum Gasteiger partial charge on any atom is 0.330 e. The second kappa shape index (κ2) is 9.54. The number of benzene rings is 2. The molecule has 1 unspecified atom stereocenters. The maximum absolute atomic E-state index is 12.6. The SMILES string of the molecule is Cc1cc(NC(=O)NC(C)c2ccc(-n3c(C)c[nH]c3=O)cc2)ccc1N1CCN(C)CC1. The Hall–Kier alpha value is -3.52. The summed E-state index contributed by atoms with van der Waals surface area (Å²) in [6, 6.07) is 13.2. The molecule has 0 bridgehead atoms. The first-order valence-electron chi connectivity index (χ1n) is 11.3. The van der Waals surface area contributed by atoms with Crippen molar-refractivity contribution in [3.63, 3.8) is 0 Å². The molecule has 1 aliphatic rings. The van der Waals surface area contributed by atoms with E-state index in [2.05, 4.69) is 45.5 Å². The number of aromatic amines is 1. The molecule has 2 amide bonds. The van der Waals surface area contributed by atoms with Gasteiger partial charge < -0.3 is 25.4 Å². The van der Waals surface area contributed by atoms with Crippen LogP contribution in [0.2, 0.25) is 0 Å². The topological polar surface area (TPSA) is 85.4 Å². The van der Waals surface area contributed by atoms with Gasteiger partial charge in [0, 0.05) is 49.4 Å². The predicted molar refractivity (Wildman–Crippen MR) is 133 cm³/mol. The average Bonchev–Trinajstić information content (AvgIpc) is 3.12. The zero-order valence-electron chi connectivity index (χ0n) is 19.7. The van der Waals surface area contributed by atoms with Crippen LogP contribution in [0.25, 0.3) is 5.69 Å². The Bertz CT molecular complexity index is 1170. The summed E-state index contributed by atoms with van der Waals surface area (Å²) in [6.07, 6.45) is 1.68. The molecule has 174 valence electrons. The fraction of sp³-hybridized carbons (Fsp3) is 0.360. The van der Waals surface area contributed by atoms with Gasteiger partial charge in [-0.2, -0.15) is 0 Å². The van der Waals surface area contributed by atoms with Crippen molar-refractivity contribution in [2.24, 2.45) is 0 Å². The van der Waals surface area contributed by atoms with Gasteiger partial charge in [0.15, 0.2) is 0 Å². The molecule has 4 rings (SSSR count). The van der Waals surface area contributed by atoms with E-state index < -0.39 is 0 Å². The van der Waals surface area contributed by atoms with E-state index in [0.29, 0.717) is 0 Å². The first-order chi connectivity index (χ1) is 15.8. The van der Waals surface area contributed by atoms with Crippen LogP contribution in [0.1, 0.15) is 29.8 Å². The molecule has 33 heavy (non-hydrogen) atoms. The number of aryl methyl sites for hydroxylation is 2. The Morgan fingerprint density at radius 2 is 1.73 bits per heavy atom. The molecule has 3 aromatic rings. The number of aromatic nitrogens is 2. The molecule has 2 heterocycles. The van der Waals surface area contributed by atoms with E-state index in [1.165, 1.54) is 5.69 Å². The van der Waals surface area contributed by atoms with Gasteiger partial charge in [-0.1, -0.05) is 12.1 Å². The lowest BCUT2D eigenvalue weighted by Gasteiger charge is -2.35. The molecule has 8 heteroatoms. The molecular weight excluding hydrogens is 416 g/mol. The van der Waals surface area contributed by atoms with Gasteiger partial charge in [0.2, 0.25) is 0 Å². The molecule has 0 spiro atoms. The quantitative estimate of drug-likeness (QED) is 0.558. The highest BCUT2D eigenvalue weighted by Crippen LogP contribution is 2.25. The minimum absolute atomic E-state index is 0.167. The van der Waals surface area contributed by atoms with Crippen LogP contribution in [-0.2, 0) is 0 Å². The van der Waals surface area contributed by atoms with E-state index in [-0.39, 0.29) is 17.8 Å². The third-order valence-electron chi connectivity index (χ3n) is 6.26. The van der Waals surface area contributed by atoms with Crippen LogP contribution in [0.4, 0.5) is 16.2 Å². The van der Waals surface area contributed by atoms with Gasteiger partial charge in [-0.15, -0.1) is 0 Å². The predicted octanol–water partition coefficient (Wildman–Crippen LogP) is 3.42. The van der Waals surface area contributed by atoms with Gasteiger partial charge in [-0.3, -0.25) is 4.57 Å². The second-order valence-corrected chi connectivity index (χ2v) is 8.77. The van der Waals surface area contributed by atoms with Gasteiger partial charge in [0.1, 0.15) is 0 Å². The van der Waals surface area contributed by atoms with Gasteiger partial charge >= 0.3 is 11.7 Å². The minimum Gasteiger partial charge on any atom is -0.369 e. The van der Waals surface area contributed by atoms with Crippen LogP contribution >= 0.6 is 0 Å². The van der Waals surface area contributed by atoms with Crippen LogP contribution in [0.3, 0.4) is 0 Å². The first-order valence-corrected chi connectivity index (χ1v) is 11.3. The van der Waals surface area contributed by atoms with Gasteiger partial charge in [0.05, 0.1) is 11.7 Å². The number of hydrogen-bond acceptors (Lipinski definition) is 4. The van der Waals surface area contributed by atoms with Crippen molar-refractivity contribution in [3.8, 4) is 5.69 Å². The van der Waals surface area contributed by atoms with Crippen molar-refractivity contribution < 1.29 is 4.79 Å². The van der Waals surface area contributed by atoms with E-state index in [4.69, 9.17) is 0 Å². The number of hydrogen-bond donors (Lipinski definition) is 3. The molecule has 3 N–H and O–H groups in total. The number of anilines is 2. The number of carbonyl (C=O) groups excluding carboxylic acids is 1. The van der Waals surface area contributed by atoms with Crippen LogP contribution < -0.4 is 21.2 Å². The largest absolute Gasteiger partial charge is 0.369 e. The summed E-state index contributed by atoms with van der Waals surface area (Å²) < 4.78 is 1.61. The van der Waals surface area contributed by atoms with Gasteiger partial charge in [-0.25, -0.2) is 9.59 Å². The van der Waals surface area contributed by atoms with Crippen molar-refractivity contribution in [1.29, 1.82) is 0 Å². The molecular formula is C25H32N6O2. The summed E-state index contributed by atoms with van der Waals surface area (Å²) in [5.74, 6) is 0. The number of amides is 2. The lowest BCUT2D eigenvalue weighted by molar-refractivity contribution is 0.249. The Morgan fingerprint density at radius 1 is 1.03 bits per heavy atom. The Labute approximate surface area is 194 Å². The fourth-order valence-electron chi connectivity index (χ4n) is 4.27. The number of rotatable bonds is 5. The van der Waals surface area contributed by atoms with E-state index in [0.717, 1.165) is 54.4 Å². The number of piperazine rings is 1. The Kier molecular flexibility index (Phi) is 6.55. The van der Waals surface area contributed by atoms with Gasteiger partial charge in [0.25, 0.3) is 0 Å². The lowest BCUT2D eigenvalue weighted by Crippen LogP contribution is -2.44. The molecule has 1 aromatic heterocycles. The highest BCUT2D eigenvalue weighted by molar-refractivity contribution is 5.90. The number of carbonyl (C=O) groups is 1. The molecule has 1 atom stereocenters. The number of nitrogens with one attached hydrogen (secondary N) is 3. The lowest BCUT2D eigenvalue weighted by atomic mass is 10.1. The summed E-state index contributed by atoms with van der Waals surface area (Å²) in [5, 5.41) is 5.93. The van der Waals surface area contributed by atoms with E-state index >= 15 is 0 Å². The zero-order valence-corrected chi connectivity index (χ0v) is 19.7. The van der Waals surface area contributed by atoms with Crippen LogP contribution in [0, 0.1) is 13.8 Å². The van der Waals surface area contributed by atoms with Crippen molar-refractivity contribution in [3.05, 3.63) is 76.0 Å². The standard InChI is InChI=1S/C25H32N6O2/c1-17-15-21(7-10-23(17)30-13-11-29(4)12-14-30)28-24(32)27-19(3)20-5-8-22(9-6-20)31-18(2)16-26-25(31)33/h5-10,15-16,19H,11-14H2,1-4H3,(H,26,33)(H2,27,28,32). The van der Waals surface area contributed by atoms with Crippen LogP contribution in [0.15, 0.2) is 53.5 Å². The third-order valence-corrected chi connectivity index (χ3v) is 6.26. The molecule has 0 aliphatic carbocycles. The number of likely N-dealkylation sites (N-methyl/N-ethyl adjacent to an activating group) is 1. The highest BCUT2D eigenvalue weighted by Gasteiger charge is 2.17. The van der Waals surface area contributed by atoms with E-state index in [1.807, 2.05) is 50.2 Å². The number of imidazole rings is 1. The summed E-state index contributed by atoms with van der Waals surface area (Å²) in [4.78, 5) is 32.0. The molecule has 1 aliphatic heterocycles. The van der Waals surface area contributed by atoms with E-state index in [9.17, 15) is 9.59 Å². The van der Waals surface area contributed by atoms with Crippen LogP contribution in [-0.4, -0.2) is 53.7 Å². The summed E-state index contributed by atoms with van der Waals surface area (Å²) in [5.41, 5.74) is 5.56. The Balaban J connectivity index is 1.36. The van der Waals surface area contributed by atoms with Crippen LogP contribution in [0.5, 0.6) is 0 Å². The normalized spacial score (nSPS) is 15.3. The molecule has 0 saturated carbocycles. The highest BCUT2D eigenvalue weighted by atomic mass is 16.2. The zero-order chi connectivity index (χ0) is 23.5. The first kappa shape index (κ1) is 22.7. The number of H-pyrrole nitrogens is 1. The molecule has 0 radical (unpaired) electrons. The molecule has 2 aromatic carbocycles. The Morgan fingerprint density at radius 3 is 2.33 bits per heavy atom. The van der Waals surface area contributed by atoms with Crippen molar-refractivity contribution in [2.75, 3.05) is 43.4 Å². The smallest absolute Gasteiger partial charge is 0.330 e. The van der Waals surface area contributed by atoms with Crippen molar-refractivity contribution >= 4 is 17.4 Å². The van der Waals surface area contributed by atoms with E-state index in [1.54, 1.807) is 10.8 Å². The maximum atomic E-state index is 12.6. The summed E-state index contributed by atoms with van der Waals surface area (Å²) >= 11 is 0. The third kappa shape index (κ3) is 5.12. The number of urea groups is 1. The van der Waals surface area contributed by atoms with Gasteiger partial charge in [-0.05, 0) is 69.3 Å². The number of nitrogens with zero attached hydrogens (tertiary/aromatic N) is 3. The minimum atomic E-state index is -0.254. The fourth-order valence-corrected chi connectivity index (χ4v) is 4.27. The molecule has 8 nitrogen and oxygen atoms in total. The van der Waals surface area contributed by atoms with Crippen molar-refractivity contribution in [2.45, 2.75) is 26.8 Å². The average molecular weight is 449 g/mol. The second-order valence-electron chi connectivity index (χ2n) is 8.77. The molecule has 1 fully saturated rings. The summed E-state index contributed by atoms with van der Waals surface area (Å²) in [6.45, 7) is 10.0. The van der Waals surface area contributed by atoms with Crippen molar-refractivity contribution in [1.82, 2.24) is 19.8 Å². The monoisotopic (exact) mass is 448 g/mol. The molecule has 1 saturated heterocycles. The summed E-state index contributed by atoms with van der Waals surface area (Å²) in [7, 11) is 2.15.